The lowest BCUT2D eigenvalue weighted by Crippen LogP contribution is -2.50. The van der Waals surface area contributed by atoms with Crippen molar-refractivity contribution in [3.63, 3.8) is 0 Å². The van der Waals surface area contributed by atoms with Crippen molar-refractivity contribution in [1.82, 2.24) is 15.3 Å². The number of hydrogen-bond acceptors (Lipinski definition) is 4. The molecule has 2 rings (SSSR count). The average Bonchev–Trinajstić information content (AvgIpc) is 2.33. The van der Waals surface area contributed by atoms with E-state index in [-0.39, 0.29) is 5.75 Å². The first-order valence-corrected chi connectivity index (χ1v) is 6.17. The fourth-order valence-corrected chi connectivity index (χ4v) is 2.03. The predicted octanol–water partition coefficient (Wildman–Crippen LogP) is 1.30. The second-order valence-electron chi connectivity index (χ2n) is 4.41. The minimum absolute atomic E-state index is 0.134. The fourth-order valence-electron chi connectivity index (χ4n) is 1.83. The number of aromatic hydroxyl groups is 1. The zero-order valence-corrected chi connectivity index (χ0v) is 10.7. The van der Waals surface area contributed by atoms with Gasteiger partial charge in [-0.2, -0.15) is 0 Å². The molecule has 0 radical (unpaired) electrons. The van der Waals surface area contributed by atoms with Crippen molar-refractivity contribution in [2.24, 2.45) is 0 Å². The highest BCUT2D eigenvalue weighted by Gasteiger charge is 2.12. The van der Waals surface area contributed by atoms with E-state index in [1.807, 2.05) is 6.07 Å². The molecular weight excluding hydrogens is 238 g/mol. The smallest absolute Gasteiger partial charge is 0.134 e. The van der Waals surface area contributed by atoms with Gasteiger partial charge in [0.2, 0.25) is 0 Å². The third kappa shape index (κ3) is 3.57. The summed E-state index contributed by atoms with van der Waals surface area (Å²) in [7, 11) is 2.14. The highest BCUT2D eigenvalue weighted by Crippen LogP contribution is 2.23. The Bertz CT molecular complexity index is 378. The van der Waals surface area contributed by atoms with Crippen molar-refractivity contribution in [2.75, 3.05) is 33.2 Å². The highest BCUT2D eigenvalue weighted by atomic mass is 35.5. The molecule has 1 heterocycles. The van der Waals surface area contributed by atoms with E-state index in [0.29, 0.717) is 5.02 Å². The van der Waals surface area contributed by atoms with Crippen LogP contribution in [0.5, 0.6) is 5.75 Å². The third-order valence-electron chi connectivity index (χ3n) is 3.02. The van der Waals surface area contributed by atoms with E-state index in [9.17, 15) is 5.11 Å². The second-order valence-corrected chi connectivity index (χ2v) is 4.82. The summed E-state index contributed by atoms with van der Waals surface area (Å²) in [6, 6.07) is 5.30. The summed E-state index contributed by atoms with van der Waals surface area (Å²) in [6.45, 7) is 4.97. The molecular formula is C12H18ClN3O. The van der Waals surface area contributed by atoms with Crippen molar-refractivity contribution < 1.29 is 5.11 Å². The first kappa shape index (κ1) is 12.6. The molecule has 1 aromatic carbocycles. The summed E-state index contributed by atoms with van der Waals surface area (Å²) in [4.78, 5) is 2.32. The van der Waals surface area contributed by atoms with E-state index in [2.05, 4.69) is 22.4 Å². The van der Waals surface area contributed by atoms with Crippen molar-refractivity contribution in [3.05, 3.63) is 28.8 Å². The first-order valence-electron chi connectivity index (χ1n) is 5.79. The molecule has 0 unspecified atom stereocenters. The lowest BCUT2D eigenvalue weighted by molar-refractivity contribution is 0.102. The van der Waals surface area contributed by atoms with Gasteiger partial charge in [-0.05, 0) is 24.7 Å². The average molecular weight is 256 g/mol. The van der Waals surface area contributed by atoms with Gasteiger partial charge in [-0.3, -0.25) is 5.43 Å². The van der Waals surface area contributed by atoms with Crippen LogP contribution in [0.4, 0.5) is 0 Å². The number of benzene rings is 1. The Morgan fingerprint density at radius 2 is 2.00 bits per heavy atom. The van der Waals surface area contributed by atoms with Crippen LogP contribution in [0.1, 0.15) is 5.56 Å². The molecule has 1 aliphatic rings. The molecule has 0 atom stereocenters. The Morgan fingerprint density at radius 3 is 2.65 bits per heavy atom. The number of likely N-dealkylation sites (N-methyl/N-ethyl adjacent to an activating group) is 1. The fraction of sp³-hybridized carbons (Fsp3) is 0.500. The quantitative estimate of drug-likeness (QED) is 0.854. The van der Waals surface area contributed by atoms with Gasteiger partial charge in [0.25, 0.3) is 0 Å². The number of phenols is 1. The monoisotopic (exact) mass is 255 g/mol. The van der Waals surface area contributed by atoms with Gasteiger partial charge in [0.1, 0.15) is 5.75 Å². The summed E-state index contributed by atoms with van der Waals surface area (Å²) >= 11 is 5.86. The zero-order chi connectivity index (χ0) is 12.3. The minimum atomic E-state index is 0.134. The number of piperazine rings is 1. The third-order valence-corrected chi connectivity index (χ3v) is 3.32. The summed E-state index contributed by atoms with van der Waals surface area (Å²) in [6.07, 6.45) is 0. The summed E-state index contributed by atoms with van der Waals surface area (Å²) in [5.41, 5.74) is 4.45. The van der Waals surface area contributed by atoms with E-state index in [1.165, 1.54) is 0 Å². The number of halogens is 1. The number of hydrazine groups is 1. The van der Waals surface area contributed by atoms with Crippen molar-refractivity contribution in [1.29, 1.82) is 0 Å². The SMILES string of the molecule is CN1CCN(NCc2ccc(O)c(Cl)c2)CC1. The molecule has 94 valence electrons. The number of rotatable bonds is 3. The second kappa shape index (κ2) is 5.69. The Kier molecular flexibility index (Phi) is 4.23. The number of hydrogen-bond donors (Lipinski definition) is 2. The van der Waals surface area contributed by atoms with Crippen LogP contribution in [0.25, 0.3) is 0 Å². The number of nitrogens with zero attached hydrogens (tertiary/aromatic N) is 2. The van der Waals surface area contributed by atoms with Gasteiger partial charge in [-0.25, -0.2) is 5.01 Å². The molecule has 0 spiro atoms. The molecule has 0 amide bonds. The Labute approximate surface area is 107 Å². The Morgan fingerprint density at radius 1 is 1.29 bits per heavy atom. The van der Waals surface area contributed by atoms with Gasteiger partial charge < -0.3 is 10.0 Å². The van der Waals surface area contributed by atoms with Gasteiger partial charge in [0, 0.05) is 32.7 Å². The molecule has 0 saturated carbocycles. The van der Waals surface area contributed by atoms with Gasteiger partial charge in [0.15, 0.2) is 0 Å². The largest absolute Gasteiger partial charge is 0.506 e. The lowest BCUT2D eigenvalue weighted by Gasteiger charge is -2.32. The first-order chi connectivity index (χ1) is 8.15. The maximum atomic E-state index is 9.32. The molecule has 1 aromatic rings. The van der Waals surface area contributed by atoms with Crippen LogP contribution in [-0.2, 0) is 6.54 Å². The van der Waals surface area contributed by atoms with Crippen LogP contribution in [0.15, 0.2) is 18.2 Å². The molecule has 0 aliphatic carbocycles. The zero-order valence-electron chi connectivity index (χ0n) is 9.99. The maximum Gasteiger partial charge on any atom is 0.134 e. The molecule has 5 heteroatoms. The van der Waals surface area contributed by atoms with E-state index in [4.69, 9.17) is 11.6 Å². The summed E-state index contributed by atoms with van der Waals surface area (Å²) in [5.74, 6) is 0.134. The van der Waals surface area contributed by atoms with Crippen LogP contribution < -0.4 is 5.43 Å². The van der Waals surface area contributed by atoms with Gasteiger partial charge in [-0.15, -0.1) is 0 Å². The van der Waals surface area contributed by atoms with Gasteiger partial charge >= 0.3 is 0 Å². The van der Waals surface area contributed by atoms with E-state index in [0.717, 1.165) is 38.3 Å². The van der Waals surface area contributed by atoms with Crippen molar-refractivity contribution >= 4 is 11.6 Å². The predicted molar refractivity (Wildman–Crippen MR) is 69.0 cm³/mol. The van der Waals surface area contributed by atoms with E-state index >= 15 is 0 Å². The van der Waals surface area contributed by atoms with Crippen LogP contribution in [-0.4, -0.2) is 48.2 Å². The van der Waals surface area contributed by atoms with Crippen LogP contribution in [0, 0.1) is 0 Å². The highest BCUT2D eigenvalue weighted by molar-refractivity contribution is 6.32. The number of phenolic OH excluding ortho intramolecular Hbond substituents is 1. The minimum Gasteiger partial charge on any atom is -0.506 e. The van der Waals surface area contributed by atoms with Gasteiger partial charge in [-0.1, -0.05) is 17.7 Å². The van der Waals surface area contributed by atoms with Crippen LogP contribution in [0.3, 0.4) is 0 Å². The normalized spacial score (nSPS) is 18.5. The standard InChI is InChI=1S/C12H18ClN3O/c1-15-4-6-16(7-5-15)14-9-10-2-3-12(17)11(13)8-10/h2-3,8,14,17H,4-7,9H2,1H3. The topological polar surface area (TPSA) is 38.7 Å². The van der Waals surface area contributed by atoms with Gasteiger partial charge in [0.05, 0.1) is 5.02 Å². The Hall–Kier alpha value is -0.810. The number of nitrogens with one attached hydrogen (secondary N) is 1. The maximum absolute atomic E-state index is 9.32. The molecule has 1 fully saturated rings. The molecule has 17 heavy (non-hydrogen) atoms. The molecule has 2 N–H and O–H groups in total. The molecule has 0 aromatic heterocycles. The molecule has 1 aliphatic heterocycles. The van der Waals surface area contributed by atoms with Crippen molar-refractivity contribution in [3.8, 4) is 5.75 Å². The lowest BCUT2D eigenvalue weighted by atomic mass is 10.2. The van der Waals surface area contributed by atoms with E-state index < -0.39 is 0 Å². The van der Waals surface area contributed by atoms with E-state index in [1.54, 1.807) is 12.1 Å². The Balaban J connectivity index is 1.83. The summed E-state index contributed by atoms with van der Waals surface area (Å²) < 4.78 is 0. The van der Waals surface area contributed by atoms with Crippen LogP contribution in [0.2, 0.25) is 5.02 Å². The van der Waals surface area contributed by atoms with Crippen molar-refractivity contribution in [2.45, 2.75) is 6.54 Å². The summed E-state index contributed by atoms with van der Waals surface area (Å²) in [5, 5.41) is 11.9. The molecule has 1 saturated heterocycles. The molecule has 0 bridgehead atoms. The van der Waals surface area contributed by atoms with Crippen LogP contribution >= 0.6 is 11.6 Å². The molecule has 4 nitrogen and oxygen atoms in total.